The van der Waals surface area contributed by atoms with Gasteiger partial charge in [0.25, 0.3) is 5.91 Å². The van der Waals surface area contributed by atoms with E-state index in [1.54, 1.807) is 0 Å². The molecule has 1 amide bonds. The molecule has 1 aromatic rings. The summed E-state index contributed by atoms with van der Waals surface area (Å²) in [5.41, 5.74) is 0.157. The van der Waals surface area contributed by atoms with Gasteiger partial charge >= 0.3 is 5.97 Å². The van der Waals surface area contributed by atoms with E-state index in [1.807, 2.05) is 0 Å². The number of benzene rings is 1. The highest BCUT2D eigenvalue weighted by Gasteiger charge is 2.31. The summed E-state index contributed by atoms with van der Waals surface area (Å²) in [7, 11) is 0. The lowest BCUT2D eigenvalue weighted by molar-refractivity contribution is -0.142. The fourth-order valence-electron chi connectivity index (χ4n) is 2.71. The molecule has 1 saturated carbocycles. The van der Waals surface area contributed by atoms with Gasteiger partial charge in [0.15, 0.2) is 0 Å². The summed E-state index contributed by atoms with van der Waals surface area (Å²) in [6.45, 7) is 0. The van der Waals surface area contributed by atoms with E-state index in [1.165, 1.54) is 18.2 Å². The second-order valence-corrected chi connectivity index (χ2v) is 5.73. The molecule has 0 heterocycles. The third-order valence-electron chi connectivity index (χ3n) is 3.84. The molecule has 1 fully saturated rings. The van der Waals surface area contributed by atoms with Gasteiger partial charge in [-0.05, 0) is 31.0 Å². The first-order chi connectivity index (χ1) is 9.99. The molecule has 3 N–H and O–H groups in total. The number of aliphatic carboxylic acids is 1. The fraction of sp³-hybridized carbons (Fsp3) is 0.467. The molecule has 2 rings (SSSR count). The Labute approximate surface area is 127 Å². The van der Waals surface area contributed by atoms with Crippen LogP contribution in [0.5, 0.6) is 5.75 Å². The van der Waals surface area contributed by atoms with E-state index in [0.29, 0.717) is 12.8 Å². The Hall–Kier alpha value is -1.75. The van der Waals surface area contributed by atoms with Gasteiger partial charge in [0.1, 0.15) is 5.75 Å². The fourth-order valence-corrected chi connectivity index (χ4v) is 2.91. The topological polar surface area (TPSA) is 86.6 Å². The van der Waals surface area contributed by atoms with Gasteiger partial charge in [0.2, 0.25) is 0 Å². The average Bonchev–Trinajstić information content (AvgIpc) is 2.67. The zero-order valence-corrected chi connectivity index (χ0v) is 12.3. The summed E-state index contributed by atoms with van der Waals surface area (Å²) in [5.74, 6) is -1.97. The van der Waals surface area contributed by atoms with Gasteiger partial charge in [-0.25, -0.2) is 0 Å². The highest BCUT2D eigenvalue weighted by molar-refractivity contribution is 6.33. The number of hydrogen-bond donors (Lipinski definition) is 3. The smallest absolute Gasteiger partial charge is 0.308 e. The zero-order chi connectivity index (χ0) is 15.4. The predicted octanol–water partition coefficient (Wildman–Crippen LogP) is 2.81. The Balaban J connectivity index is 2.16. The number of carboxylic acid groups (broad SMARTS) is 1. The lowest BCUT2D eigenvalue weighted by atomic mass is 9.94. The van der Waals surface area contributed by atoms with Crippen LogP contribution in [0.4, 0.5) is 0 Å². The van der Waals surface area contributed by atoms with Crippen LogP contribution in [0.15, 0.2) is 18.2 Å². The Kier molecular flexibility index (Phi) is 5.07. The van der Waals surface area contributed by atoms with E-state index in [9.17, 15) is 19.8 Å². The summed E-state index contributed by atoms with van der Waals surface area (Å²) in [6, 6.07) is 3.71. The molecule has 114 valence electrons. The molecule has 6 heteroatoms. The number of nitrogens with one attached hydrogen (secondary N) is 1. The maximum atomic E-state index is 12.3. The standard InChI is InChI=1S/C15H18ClNO4/c16-12-7-6-9(18)8-11(12)14(19)17-13-5-3-1-2-4-10(13)15(20)21/h6-8,10,13,18H,1-5H2,(H,17,19)(H,20,21). The number of carboxylic acids is 1. The quantitative estimate of drug-likeness (QED) is 0.749. The highest BCUT2D eigenvalue weighted by atomic mass is 35.5. The number of carbonyl (C=O) groups excluding carboxylic acids is 1. The van der Waals surface area contributed by atoms with Crippen LogP contribution < -0.4 is 5.32 Å². The first kappa shape index (κ1) is 15.6. The molecule has 2 unspecified atom stereocenters. The van der Waals surface area contributed by atoms with Crippen molar-refractivity contribution in [3.8, 4) is 5.75 Å². The monoisotopic (exact) mass is 311 g/mol. The summed E-state index contributed by atoms with van der Waals surface area (Å²) in [6.07, 6.45) is 3.93. The third-order valence-corrected chi connectivity index (χ3v) is 4.17. The molecule has 0 spiro atoms. The predicted molar refractivity (Wildman–Crippen MR) is 78.6 cm³/mol. The molecule has 5 nitrogen and oxygen atoms in total. The largest absolute Gasteiger partial charge is 0.508 e. The molecule has 21 heavy (non-hydrogen) atoms. The Bertz CT molecular complexity index is 546. The van der Waals surface area contributed by atoms with E-state index >= 15 is 0 Å². The molecule has 1 aromatic carbocycles. The van der Waals surface area contributed by atoms with Crippen LogP contribution >= 0.6 is 11.6 Å². The van der Waals surface area contributed by atoms with Crippen molar-refractivity contribution in [2.45, 2.75) is 38.1 Å². The second kappa shape index (κ2) is 6.80. The summed E-state index contributed by atoms with van der Waals surface area (Å²) < 4.78 is 0. The number of carbonyl (C=O) groups is 2. The number of rotatable bonds is 3. The van der Waals surface area contributed by atoms with Crippen LogP contribution in [0.3, 0.4) is 0 Å². The van der Waals surface area contributed by atoms with Crippen molar-refractivity contribution in [2.75, 3.05) is 0 Å². The summed E-state index contributed by atoms with van der Waals surface area (Å²) in [5, 5.41) is 21.7. The van der Waals surface area contributed by atoms with Crippen molar-refractivity contribution >= 4 is 23.5 Å². The number of aromatic hydroxyl groups is 1. The zero-order valence-electron chi connectivity index (χ0n) is 11.5. The van der Waals surface area contributed by atoms with Crippen molar-refractivity contribution in [3.05, 3.63) is 28.8 Å². The molecule has 0 bridgehead atoms. The average molecular weight is 312 g/mol. The van der Waals surface area contributed by atoms with Gasteiger partial charge < -0.3 is 15.5 Å². The maximum absolute atomic E-state index is 12.3. The number of amides is 1. The molecular formula is C15H18ClNO4. The van der Waals surface area contributed by atoms with Gasteiger partial charge in [0.05, 0.1) is 16.5 Å². The van der Waals surface area contributed by atoms with E-state index in [2.05, 4.69) is 5.32 Å². The number of halogens is 1. The molecule has 0 aromatic heterocycles. The van der Waals surface area contributed by atoms with Crippen molar-refractivity contribution in [2.24, 2.45) is 5.92 Å². The van der Waals surface area contributed by atoms with Crippen LogP contribution in [-0.2, 0) is 4.79 Å². The Morgan fingerprint density at radius 1 is 1.19 bits per heavy atom. The van der Waals surface area contributed by atoms with Crippen molar-refractivity contribution < 1.29 is 19.8 Å². The van der Waals surface area contributed by atoms with Gasteiger partial charge in [-0.1, -0.05) is 30.9 Å². The van der Waals surface area contributed by atoms with Gasteiger partial charge in [-0.3, -0.25) is 9.59 Å². The van der Waals surface area contributed by atoms with Crippen molar-refractivity contribution in [1.29, 1.82) is 0 Å². The number of phenols is 1. The van der Waals surface area contributed by atoms with E-state index in [4.69, 9.17) is 11.6 Å². The Morgan fingerprint density at radius 2 is 1.90 bits per heavy atom. The maximum Gasteiger partial charge on any atom is 0.308 e. The van der Waals surface area contributed by atoms with Crippen molar-refractivity contribution in [3.63, 3.8) is 0 Å². The minimum absolute atomic E-state index is 0.0554. The third kappa shape index (κ3) is 3.88. The van der Waals surface area contributed by atoms with Crippen LogP contribution in [0.25, 0.3) is 0 Å². The first-order valence-electron chi connectivity index (χ1n) is 7.01. The molecule has 0 saturated heterocycles. The number of phenolic OH excluding ortho intramolecular Hbond substituents is 1. The van der Waals surface area contributed by atoms with Gasteiger partial charge in [0, 0.05) is 6.04 Å². The molecular weight excluding hydrogens is 294 g/mol. The lowest BCUT2D eigenvalue weighted by Gasteiger charge is -2.23. The first-order valence-corrected chi connectivity index (χ1v) is 7.39. The molecule has 1 aliphatic carbocycles. The molecule has 0 radical (unpaired) electrons. The summed E-state index contributed by atoms with van der Waals surface area (Å²) >= 11 is 5.95. The van der Waals surface area contributed by atoms with Gasteiger partial charge in [-0.2, -0.15) is 0 Å². The number of hydrogen-bond acceptors (Lipinski definition) is 3. The van der Waals surface area contributed by atoms with Gasteiger partial charge in [-0.15, -0.1) is 0 Å². The molecule has 0 aliphatic heterocycles. The minimum atomic E-state index is -0.885. The van der Waals surface area contributed by atoms with Crippen LogP contribution in [0, 0.1) is 5.92 Å². The summed E-state index contributed by atoms with van der Waals surface area (Å²) in [4.78, 5) is 23.6. The SMILES string of the molecule is O=C(NC1CCCCCC1C(=O)O)c1cc(O)ccc1Cl. The van der Waals surface area contributed by atoms with Crippen LogP contribution in [-0.4, -0.2) is 28.1 Å². The molecule has 1 aliphatic rings. The minimum Gasteiger partial charge on any atom is -0.508 e. The van der Waals surface area contributed by atoms with Crippen LogP contribution in [0.2, 0.25) is 5.02 Å². The van der Waals surface area contributed by atoms with E-state index < -0.39 is 23.8 Å². The van der Waals surface area contributed by atoms with Crippen LogP contribution in [0.1, 0.15) is 42.5 Å². The lowest BCUT2D eigenvalue weighted by Crippen LogP contribution is -2.42. The second-order valence-electron chi connectivity index (χ2n) is 5.33. The van der Waals surface area contributed by atoms with E-state index in [-0.39, 0.29) is 16.3 Å². The van der Waals surface area contributed by atoms with Crippen molar-refractivity contribution in [1.82, 2.24) is 5.32 Å². The normalized spacial score (nSPS) is 22.3. The Morgan fingerprint density at radius 3 is 2.62 bits per heavy atom. The highest BCUT2D eigenvalue weighted by Crippen LogP contribution is 2.26. The molecule has 2 atom stereocenters. The van der Waals surface area contributed by atoms with E-state index in [0.717, 1.165) is 19.3 Å².